The molecule has 0 aromatic heterocycles. The standard InChI is InChI=1S/C16H17FN2O2S/c1-10-8-13-15(9-14(10)18)19-7-6-16(13)22(20,21)12-4-2-11(17)3-5-12/h2-5,8-9,16,19H,6-7,18H2,1H3. The molecule has 3 rings (SSSR count). The second-order valence-electron chi connectivity index (χ2n) is 5.50. The van der Waals surface area contributed by atoms with Crippen molar-refractivity contribution in [1.82, 2.24) is 0 Å². The summed E-state index contributed by atoms with van der Waals surface area (Å²) in [5, 5.41) is 2.54. The highest BCUT2D eigenvalue weighted by Gasteiger charge is 2.33. The fraction of sp³-hybridized carbons (Fsp3) is 0.250. The van der Waals surface area contributed by atoms with Crippen LogP contribution in [0.1, 0.15) is 22.8 Å². The van der Waals surface area contributed by atoms with Crippen molar-refractivity contribution in [2.24, 2.45) is 0 Å². The molecular weight excluding hydrogens is 303 g/mol. The Morgan fingerprint density at radius 2 is 1.91 bits per heavy atom. The molecule has 1 aliphatic rings. The van der Waals surface area contributed by atoms with E-state index in [0.29, 0.717) is 18.7 Å². The molecule has 0 radical (unpaired) electrons. The van der Waals surface area contributed by atoms with Gasteiger partial charge in [0.2, 0.25) is 0 Å². The number of nitrogens with one attached hydrogen (secondary N) is 1. The number of nitrogens with two attached hydrogens (primary N) is 1. The van der Waals surface area contributed by atoms with Crippen LogP contribution >= 0.6 is 0 Å². The molecule has 1 aliphatic heterocycles. The molecule has 2 aromatic carbocycles. The van der Waals surface area contributed by atoms with Crippen molar-refractivity contribution in [3.05, 3.63) is 53.3 Å². The zero-order valence-corrected chi connectivity index (χ0v) is 13.0. The Bertz CT molecular complexity index is 817. The molecule has 0 saturated heterocycles. The molecule has 0 saturated carbocycles. The van der Waals surface area contributed by atoms with Crippen molar-refractivity contribution in [2.45, 2.75) is 23.5 Å². The summed E-state index contributed by atoms with van der Waals surface area (Å²) in [7, 11) is -3.57. The first-order valence-electron chi connectivity index (χ1n) is 7.03. The van der Waals surface area contributed by atoms with E-state index in [4.69, 9.17) is 5.73 Å². The zero-order chi connectivity index (χ0) is 15.9. The quantitative estimate of drug-likeness (QED) is 0.659. The summed E-state index contributed by atoms with van der Waals surface area (Å²) in [5.41, 5.74) is 8.85. The van der Waals surface area contributed by atoms with Gasteiger partial charge in [0, 0.05) is 17.9 Å². The molecule has 1 heterocycles. The smallest absolute Gasteiger partial charge is 0.185 e. The Morgan fingerprint density at radius 1 is 1.23 bits per heavy atom. The molecule has 0 fully saturated rings. The summed E-state index contributed by atoms with van der Waals surface area (Å²) in [6, 6.07) is 8.57. The third-order valence-corrected chi connectivity index (χ3v) is 6.19. The van der Waals surface area contributed by atoms with E-state index in [-0.39, 0.29) is 4.90 Å². The number of aryl methyl sites for hydroxylation is 1. The molecule has 2 aromatic rings. The Balaban J connectivity index is 2.10. The minimum atomic E-state index is -3.57. The lowest BCUT2D eigenvalue weighted by Crippen LogP contribution is -2.23. The molecule has 6 heteroatoms. The van der Waals surface area contributed by atoms with Crippen molar-refractivity contribution in [1.29, 1.82) is 0 Å². The summed E-state index contributed by atoms with van der Waals surface area (Å²) in [6.07, 6.45) is 0.468. The van der Waals surface area contributed by atoms with E-state index in [9.17, 15) is 12.8 Å². The van der Waals surface area contributed by atoms with Gasteiger partial charge in [0.1, 0.15) is 5.82 Å². The number of nitrogen functional groups attached to an aromatic ring is 1. The number of hydrogen-bond acceptors (Lipinski definition) is 4. The van der Waals surface area contributed by atoms with Crippen LogP contribution in [0.15, 0.2) is 41.3 Å². The van der Waals surface area contributed by atoms with Gasteiger partial charge in [0.15, 0.2) is 9.84 Å². The second kappa shape index (κ2) is 5.28. The van der Waals surface area contributed by atoms with Gasteiger partial charge >= 0.3 is 0 Å². The van der Waals surface area contributed by atoms with Crippen LogP contribution in [0.25, 0.3) is 0 Å². The van der Waals surface area contributed by atoms with Crippen LogP contribution in [0, 0.1) is 12.7 Å². The SMILES string of the molecule is Cc1cc2c(cc1N)NCCC2S(=O)(=O)c1ccc(F)cc1. The highest BCUT2D eigenvalue weighted by Crippen LogP contribution is 2.40. The average Bonchev–Trinajstić information content (AvgIpc) is 2.48. The van der Waals surface area contributed by atoms with Crippen molar-refractivity contribution in [3.8, 4) is 0 Å². The number of sulfone groups is 1. The van der Waals surface area contributed by atoms with Gasteiger partial charge < -0.3 is 11.1 Å². The summed E-state index contributed by atoms with van der Waals surface area (Å²) in [6.45, 7) is 2.41. The molecule has 4 nitrogen and oxygen atoms in total. The van der Waals surface area contributed by atoms with Crippen LogP contribution in [-0.2, 0) is 9.84 Å². The lowest BCUT2D eigenvalue weighted by atomic mass is 9.99. The van der Waals surface area contributed by atoms with Gasteiger partial charge in [0.25, 0.3) is 0 Å². The highest BCUT2D eigenvalue weighted by atomic mass is 32.2. The van der Waals surface area contributed by atoms with E-state index in [1.165, 1.54) is 24.3 Å². The largest absolute Gasteiger partial charge is 0.398 e. The third kappa shape index (κ3) is 2.43. The normalized spacial score (nSPS) is 17.6. The summed E-state index contributed by atoms with van der Waals surface area (Å²) in [4.78, 5) is 0.140. The first-order chi connectivity index (χ1) is 10.4. The van der Waals surface area contributed by atoms with Gasteiger partial charge in [-0.05, 0) is 54.8 Å². The van der Waals surface area contributed by atoms with Crippen LogP contribution in [-0.4, -0.2) is 15.0 Å². The Labute approximate surface area is 129 Å². The minimum absolute atomic E-state index is 0.140. The van der Waals surface area contributed by atoms with Crippen molar-refractivity contribution in [2.75, 3.05) is 17.6 Å². The molecule has 0 spiro atoms. The molecule has 0 bridgehead atoms. The van der Waals surface area contributed by atoms with Crippen molar-refractivity contribution in [3.63, 3.8) is 0 Å². The fourth-order valence-corrected chi connectivity index (χ4v) is 4.57. The molecule has 0 aliphatic carbocycles. The predicted octanol–water partition coefficient (Wildman–Crippen LogP) is 3.05. The van der Waals surface area contributed by atoms with Gasteiger partial charge in [0.05, 0.1) is 10.1 Å². The molecule has 0 amide bonds. The number of fused-ring (bicyclic) bond motifs is 1. The van der Waals surface area contributed by atoms with Crippen LogP contribution in [0.5, 0.6) is 0 Å². The molecule has 22 heavy (non-hydrogen) atoms. The number of halogens is 1. The number of anilines is 2. The zero-order valence-electron chi connectivity index (χ0n) is 12.1. The average molecular weight is 320 g/mol. The van der Waals surface area contributed by atoms with Crippen molar-refractivity contribution < 1.29 is 12.8 Å². The highest BCUT2D eigenvalue weighted by molar-refractivity contribution is 7.91. The fourth-order valence-electron chi connectivity index (χ4n) is 2.77. The maximum Gasteiger partial charge on any atom is 0.185 e. The minimum Gasteiger partial charge on any atom is -0.398 e. The third-order valence-electron chi connectivity index (χ3n) is 4.02. The van der Waals surface area contributed by atoms with E-state index in [1.54, 1.807) is 6.07 Å². The predicted molar refractivity (Wildman–Crippen MR) is 85.0 cm³/mol. The van der Waals surface area contributed by atoms with Crippen molar-refractivity contribution >= 4 is 21.2 Å². The molecule has 116 valence electrons. The van der Waals surface area contributed by atoms with E-state index in [1.807, 2.05) is 13.0 Å². The topological polar surface area (TPSA) is 72.2 Å². The van der Waals surface area contributed by atoms with E-state index >= 15 is 0 Å². The van der Waals surface area contributed by atoms with Gasteiger partial charge in [-0.3, -0.25) is 0 Å². The van der Waals surface area contributed by atoms with Crippen LogP contribution in [0.2, 0.25) is 0 Å². The summed E-state index contributed by atoms with van der Waals surface area (Å²) < 4.78 is 38.8. The summed E-state index contributed by atoms with van der Waals surface area (Å²) >= 11 is 0. The number of rotatable bonds is 2. The monoisotopic (exact) mass is 320 g/mol. The van der Waals surface area contributed by atoms with Gasteiger partial charge in [-0.1, -0.05) is 6.07 Å². The maximum atomic E-state index is 13.0. The van der Waals surface area contributed by atoms with Crippen LogP contribution in [0.4, 0.5) is 15.8 Å². The Morgan fingerprint density at radius 3 is 2.59 bits per heavy atom. The van der Waals surface area contributed by atoms with Gasteiger partial charge in [-0.15, -0.1) is 0 Å². The van der Waals surface area contributed by atoms with Crippen LogP contribution < -0.4 is 11.1 Å². The number of benzene rings is 2. The lowest BCUT2D eigenvalue weighted by molar-refractivity contribution is 0.574. The van der Waals surface area contributed by atoms with E-state index in [0.717, 1.165) is 16.8 Å². The molecule has 1 atom stereocenters. The second-order valence-corrected chi connectivity index (χ2v) is 7.63. The van der Waals surface area contributed by atoms with Gasteiger partial charge in [-0.2, -0.15) is 0 Å². The molecule has 1 unspecified atom stereocenters. The van der Waals surface area contributed by atoms with E-state index < -0.39 is 20.9 Å². The Kier molecular flexibility index (Phi) is 3.56. The van der Waals surface area contributed by atoms with E-state index in [2.05, 4.69) is 5.32 Å². The first kappa shape index (κ1) is 14.8. The molecular formula is C16H17FN2O2S. The molecule has 3 N–H and O–H groups in total. The first-order valence-corrected chi connectivity index (χ1v) is 8.57. The Hall–Kier alpha value is -2.08. The lowest BCUT2D eigenvalue weighted by Gasteiger charge is -2.27. The van der Waals surface area contributed by atoms with Crippen LogP contribution in [0.3, 0.4) is 0 Å². The summed E-state index contributed by atoms with van der Waals surface area (Å²) in [5.74, 6) is -0.451. The van der Waals surface area contributed by atoms with Gasteiger partial charge in [-0.25, -0.2) is 12.8 Å². The number of hydrogen-bond donors (Lipinski definition) is 2. The maximum absolute atomic E-state index is 13.0.